The predicted octanol–water partition coefficient (Wildman–Crippen LogP) is 2.70. The van der Waals surface area contributed by atoms with Crippen molar-refractivity contribution in [2.75, 3.05) is 51.3 Å². The quantitative estimate of drug-likeness (QED) is 0.535. The molecule has 0 aliphatic carbocycles. The van der Waals surface area contributed by atoms with E-state index in [1.807, 2.05) is 24.3 Å². The van der Waals surface area contributed by atoms with E-state index >= 15 is 0 Å². The molecule has 0 bridgehead atoms. The number of nitrogens with one attached hydrogen (secondary N) is 1. The van der Waals surface area contributed by atoms with Gasteiger partial charge in [-0.2, -0.15) is 14.6 Å². The first-order valence-corrected chi connectivity index (χ1v) is 13.1. The monoisotopic (exact) mass is 493 g/mol. The Morgan fingerprint density at radius 2 is 1.77 bits per heavy atom. The summed E-state index contributed by atoms with van der Waals surface area (Å²) in [4.78, 5) is 6.78. The van der Waals surface area contributed by atoms with E-state index in [1.54, 1.807) is 24.3 Å². The number of sulfonamides is 1. The minimum Gasteiger partial charge on any atom is -0.419 e. The van der Waals surface area contributed by atoms with Gasteiger partial charge in [0.05, 0.1) is 18.1 Å². The number of ether oxygens (including phenoxy) is 1. The van der Waals surface area contributed by atoms with E-state index in [4.69, 9.17) is 9.15 Å². The molecule has 5 rings (SSSR count). The molecule has 0 saturated carbocycles. The Balaban J connectivity index is 1.27. The zero-order chi connectivity index (χ0) is 24.3. The second kappa shape index (κ2) is 10.2. The molecule has 0 spiro atoms. The van der Waals surface area contributed by atoms with Gasteiger partial charge in [0.1, 0.15) is 6.07 Å². The minimum atomic E-state index is -3.63. The van der Waals surface area contributed by atoms with E-state index in [1.165, 1.54) is 9.87 Å². The Labute approximate surface area is 205 Å². The fourth-order valence-electron chi connectivity index (χ4n) is 4.39. The van der Waals surface area contributed by atoms with Crippen molar-refractivity contribution in [2.45, 2.75) is 17.9 Å². The molecular weight excluding hydrogens is 466 g/mol. The Bertz CT molecular complexity index is 1320. The smallest absolute Gasteiger partial charge is 0.243 e. The van der Waals surface area contributed by atoms with Crippen LogP contribution >= 0.6 is 0 Å². The Morgan fingerprint density at radius 3 is 2.51 bits per heavy atom. The molecule has 182 valence electrons. The number of hydrogen-bond acceptors (Lipinski definition) is 8. The first-order valence-electron chi connectivity index (χ1n) is 11.7. The van der Waals surface area contributed by atoms with E-state index in [2.05, 4.69) is 21.3 Å². The fraction of sp³-hybridized carbons (Fsp3) is 0.360. The van der Waals surface area contributed by atoms with Gasteiger partial charge in [0.15, 0.2) is 0 Å². The van der Waals surface area contributed by atoms with Crippen molar-refractivity contribution in [3.05, 3.63) is 65.4 Å². The largest absolute Gasteiger partial charge is 0.419 e. The molecule has 0 radical (unpaired) electrons. The maximum Gasteiger partial charge on any atom is 0.243 e. The molecular formula is C25H27N5O4S. The normalized spacial score (nSPS) is 17.0. The number of morpholine rings is 1. The van der Waals surface area contributed by atoms with Crippen LogP contribution in [0.25, 0.3) is 11.5 Å². The van der Waals surface area contributed by atoms with Gasteiger partial charge in [-0.3, -0.25) is 4.90 Å². The lowest BCUT2D eigenvalue weighted by Gasteiger charge is -2.28. The molecule has 10 heteroatoms. The summed E-state index contributed by atoms with van der Waals surface area (Å²) < 4.78 is 39.1. The first-order chi connectivity index (χ1) is 17.0. The summed E-state index contributed by atoms with van der Waals surface area (Å²) in [5.41, 5.74) is 3.01. The van der Waals surface area contributed by atoms with Crippen molar-refractivity contribution >= 4 is 15.9 Å². The minimum absolute atomic E-state index is 0.172. The van der Waals surface area contributed by atoms with Crippen LogP contribution in [0.2, 0.25) is 0 Å². The van der Waals surface area contributed by atoms with E-state index < -0.39 is 10.0 Å². The third kappa shape index (κ3) is 5.09. The summed E-state index contributed by atoms with van der Waals surface area (Å²) in [5, 5.41) is 12.6. The molecule has 9 nitrogen and oxygen atoms in total. The van der Waals surface area contributed by atoms with Crippen molar-refractivity contribution in [3.8, 4) is 17.5 Å². The molecule has 1 saturated heterocycles. The van der Waals surface area contributed by atoms with Crippen molar-refractivity contribution in [1.29, 1.82) is 5.26 Å². The van der Waals surface area contributed by atoms with Crippen LogP contribution in [0.1, 0.15) is 16.8 Å². The van der Waals surface area contributed by atoms with Crippen LogP contribution in [0.15, 0.2) is 57.8 Å². The van der Waals surface area contributed by atoms with Crippen LogP contribution in [-0.2, 0) is 27.7 Å². The Kier molecular flexibility index (Phi) is 6.83. The third-order valence-corrected chi connectivity index (χ3v) is 8.24. The average Bonchev–Trinajstić information content (AvgIpc) is 3.32. The number of fused-ring (bicyclic) bond motifs is 1. The lowest BCUT2D eigenvalue weighted by Crippen LogP contribution is -2.39. The number of aromatic nitrogens is 1. The van der Waals surface area contributed by atoms with Crippen LogP contribution in [0, 0.1) is 11.3 Å². The van der Waals surface area contributed by atoms with Crippen molar-refractivity contribution in [2.24, 2.45) is 0 Å². The molecule has 0 amide bonds. The lowest BCUT2D eigenvalue weighted by atomic mass is 10.0. The van der Waals surface area contributed by atoms with Gasteiger partial charge >= 0.3 is 0 Å². The highest BCUT2D eigenvalue weighted by Gasteiger charge is 2.28. The molecule has 2 aliphatic rings. The maximum absolute atomic E-state index is 13.2. The van der Waals surface area contributed by atoms with Crippen molar-refractivity contribution in [1.82, 2.24) is 14.2 Å². The first kappa shape index (κ1) is 23.5. The summed E-state index contributed by atoms with van der Waals surface area (Å²) >= 11 is 0. The summed E-state index contributed by atoms with van der Waals surface area (Å²) in [6, 6.07) is 16.4. The number of nitrogens with zero attached hydrogens (tertiary/aromatic N) is 4. The number of benzene rings is 2. The van der Waals surface area contributed by atoms with Gasteiger partial charge in [-0.15, -0.1) is 0 Å². The summed E-state index contributed by atoms with van der Waals surface area (Å²) in [5.74, 6) is 0.589. The second-order valence-electron chi connectivity index (χ2n) is 8.57. The summed E-state index contributed by atoms with van der Waals surface area (Å²) in [6.07, 6.45) is 0.696. The number of hydrogen-bond donors (Lipinski definition) is 1. The molecule has 35 heavy (non-hydrogen) atoms. The topological polar surface area (TPSA) is 112 Å². The standard InChI is InChI=1S/C25H27N5O4S/c26-17-23-25(27-10-12-29-13-15-33-16-14-29)34-24(28-23)20-5-7-22(8-6-20)35(31,32)30-11-9-19-3-1-2-4-21(19)18-30/h1-8,27H,9-16,18H2. The molecule has 1 fully saturated rings. The average molecular weight is 494 g/mol. The zero-order valence-electron chi connectivity index (χ0n) is 19.3. The van der Waals surface area contributed by atoms with Crippen molar-refractivity contribution in [3.63, 3.8) is 0 Å². The van der Waals surface area contributed by atoms with Gasteiger partial charge in [-0.1, -0.05) is 24.3 Å². The summed E-state index contributed by atoms with van der Waals surface area (Å²) in [6.45, 7) is 5.45. The van der Waals surface area contributed by atoms with Gasteiger partial charge in [-0.25, -0.2) is 8.42 Å². The lowest BCUT2D eigenvalue weighted by molar-refractivity contribution is 0.0398. The Hall–Kier alpha value is -3.23. The van der Waals surface area contributed by atoms with Gasteiger partial charge < -0.3 is 14.5 Å². The van der Waals surface area contributed by atoms with E-state index in [9.17, 15) is 13.7 Å². The fourth-order valence-corrected chi connectivity index (χ4v) is 5.80. The van der Waals surface area contributed by atoms with Gasteiger partial charge in [0.25, 0.3) is 0 Å². The van der Waals surface area contributed by atoms with Gasteiger partial charge in [0.2, 0.25) is 27.5 Å². The zero-order valence-corrected chi connectivity index (χ0v) is 20.1. The molecule has 2 aromatic carbocycles. The van der Waals surface area contributed by atoms with Crippen LogP contribution in [0.3, 0.4) is 0 Å². The molecule has 3 aromatic rings. The SMILES string of the molecule is N#Cc1nc(-c2ccc(S(=O)(=O)N3CCc4ccccc4C3)cc2)oc1NCCN1CCOCC1. The highest BCUT2D eigenvalue weighted by molar-refractivity contribution is 7.89. The van der Waals surface area contributed by atoms with Crippen LogP contribution in [-0.4, -0.2) is 68.5 Å². The molecule has 2 aliphatic heterocycles. The highest BCUT2D eigenvalue weighted by atomic mass is 32.2. The van der Waals surface area contributed by atoms with Crippen molar-refractivity contribution < 1.29 is 17.6 Å². The van der Waals surface area contributed by atoms with Crippen LogP contribution in [0.5, 0.6) is 0 Å². The second-order valence-corrected chi connectivity index (χ2v) is 10.5. The van der Waals surface area contributed by atoms with Gasteiger partial charge in [0, 0.05) is 44.8 Å². The van der Waals surface area contributed by atoms with Crippen LogP contribution in [0.4, 0.5) is 5.88 Å². The summed E-state index contributed by atoms with van der Waals surface area (Å²) in [7, 11) is -3.63. The van der Waals surface area contributed by atoms with Gasteiger partial charge in [-0.05, 0) is 41.8 Å². The Morgan fingerprint density at radius 1 is 1.03 bits per heavy atom. The molecule has 1 aromatic heterocycles. The van der Waals surface area contributed by atoms with Crippen LogP contribution < -0.4 is 5.32 Å². The van der Waals surface area contributed by atoms with E-state index in [0.717, 1.165) is 38.4 Å². The molecule has 0 unspecified atom stereocenters. The number of rotatable bonds is 7. The number of nitriles is 1. The number of anilines is 1. The molecule has 1 N–H and O–H groups in total. The van der Waals surface area contributed by atoms with E-state index in [0.29, 0.717) is 37.5 Å². The van der Waals surface area contributed by atoms with E-state index in [-0.39, 0.29) is 16.5 Å². The molecule has 3 heterocycles. The maximum atomic E-state index is 13.2. The predicted molar refractivity (Wildman–Crippen MR) is 130 cm³/mol. The third-order valence-electron chi connectivity index (χ3n) is 6.39. The molecule has 0 atom stereocenters. The number of oxazole rings is 1. The highest BCUT2D eigenvalue weighted by Crippen LogP contribution is 2.29.